The molecule has 0 radical (unpaired) electrons. The Morgan fingerprint density at radius 3 is 2.38 bits per heavy atom. The maximum absolute atomic E-state index is 13.7. The number of aryl methyl sites for hydroxylation is 1. The average Bonchev–Trinajstić information content (AvgIpc) is 2.55. The maximum atomic E-state index is 13.7. The largest absolute Gasteiger partial charge is 0.467 e. The van der Waals surface area contributed by atoms with Gasteiger partial charge in [0.25, 0.3) is 5.91 Å². The molecule has 24 heavy (non-hydrogen) atoms. The summed E-state index contributed by atoms with van der Waals surface area (Å²) in [4.78, 5) is 24.1. The van der Waals surface area contributed by atoms with Gasteiger partial charge in [-0.2, -0.15) is 0 Å². The van der Waals surface area contributed by atoms with Gasteiger partial charge in [-0.1, -0.05) is 29.8 Å². The van der Waals surface area contributed by atoms with Crippen LogP contribution in [0.25, 0.3) is 0 Å². The number of carbonyl (C=O) groups excluding carboxylic acids is 2. The molecule has 1 amide bonds. The summed E-state index contributed by atoms with van der Waals surface area (Å²) in [5.74, 6) is -3.24. The fourth-order valence-electron chi connectivity index (χ4n) is 2.21. The molecule has 2 rings (SSSR count). The first-order chi connectivity index (χ1) is 11.4. The standard InChI is InChI=1S/C18H17F2NO3/c1-11-3-5-12(6-4-11)9-16(18(23)24-2)21-17(22)14-8-7-13(19)10-15(14)20/h3-8,10,16H,9H2,1-2H3,(H,21,22)/t16-/m1/s1. The number of methoxy groups -OCH3 is 1. The van der Waals surface area contributed by atoms with Gasteiger partial charge in [0.15, 0.2) is 0 Å². The number of nitrogens with one attached hydrogen (secondary N) is 1. The monoisotopic (exact) mass is 333 g/mol. The van der Waals surface area contributed by atoms with Crippen molar-refractivity contribution in [1.29, 1.82) is 0 Å². The Kier molecular flexibility index (Phi) is 5.63. The topological polar surface area (TPSA) is 55.4 Å². The van der Waals surface area contributed by atoms with E-state index in [2.05, 4.69) is 10.1 Å². The zero-order chi connectivity index (χ0) is 17.7. The minimum atomic E-state index is -0.994. The van der Waals surface area contributed by atoms with Gasteiger partial charge in [0.05, 0.1) is 12.7 Å². The molecular formula is C18H17F2NO3. The van der Waals surface area contributed by atoms with Crippen LogP contribution in [0.2, 0.25) is 0 Å². The van der Waals surface area contributed by atoms with E-state index in [1.165, 1.54) is 7.11 Å². The molecule has 0 saturated carbocycles. The summed E-state index contributed by atoms with van der Waals surface area (Å²) in [5, 5.41) is 2.43. The lowest BCUT2D eigenvalue weighted by molar-refractivity contribution is -0.142. The van der Waals surface area contributed by atoms with Crippen molar-refractivity contribution in [3.05, 3.63) is 70.8 Å². The highest BCUT2D eigenvalue weighted by Gasteiger charge is 2.24. The van der Waals surface area contributed by atoms with Gasteiger partial charge in [-0.3, -0.25) is 4.79 Å². The summed E-state index contributed by atoms with van der Waals surface area (Å²) in [5.41, 5.74) is 1.54. The van der Waals surface area contributed by atoms with Crippen LogP contribution in [0.1, 0.15) is 21.5 Å². The van der Waals surface area contributed by atoms with Gasteiger partial charge in [-0.15, -0.1) is 0 Å². The van der Waals surface area contributed by atoms with Crippen molar-refractivity contribution < 1.29 is 23.1 Å². The van der Waals surface area contributed by atoms with Crippen molar-refractivity contribution in [2.45, 2.75) is 19.4 Å². The molecule has 0 aliphatic rings. The molecule has 0 aliphatic heterocycles. The van der Waals surface area contributed by atoms with Crippen molar-refractivity contribution in [2.75, 3.05) is 7.11 Å². The lowest BCUT2D eigenvalue weighted by Gasteiger charge is -2.17. The van der Waals surface area contributed by atoms with Crippen molar-refractivity contribution in [2.24, 2.45) is 0 Å². The summed E-state index contributed by atoms with van der Waals surface area (Å²) in [6, 6.07) is 9.06. The first-order valence-electron chi connectivity index (χ1n) is 7.30. The molecule has 4 nitrogen and oxygen atoms in total. The summed E-state index contributed by atoms with van der Waals surface area (Å²) in [6.45, 7) is 1.93. The van der Waals surface area contributed by atoms with Gasteiger partial charge in [0.1, 0.15) is 17.7 Å². The van der Waals surface area contributed by atoms with E-state index >= 15 is 0 Å². The smallest absolute Gasteiger partial charge is 0.328 e. The summed E-state index contributed by atoms with van der Waals surface area (Å²) < 4.78 is 31.3. The van der Waals surface area contributed by atoms with E-state index in [4.69, 9.17) is 0 Å². The fourth-order valence-corrected chi connectivity index (χ4v) is 2.21. The molecule has 0 aromatic heterocycles. The zero-order valence-corrected chi connectivity index (χ0v) is 13.3. The quantitative estimate of drug-likeness (QED) is 0.856. The van der Waals surface area contributed by atoms with Gasteiger partial charge in [0.2, 0.25) is 0 Å². The highest BCUT2D eigenvalue weighted by atomic mass is 19.1. The normalized spacial score (nSPS) is 11.7. The van der Waals surface area contributed by atoms with E-state index in [0.29, 0.717) is 6.07 Å². The van der Waals surface area contributed by atoms with E-state index in [1.54, 1.807) is 0 Å². The van der Waals surface area contributed by atoms with E-state index in [-0.39, 0.29) is 12.0 Å². The first kappa shape index (κ1) is 17.6. The molecule has 0 spiro atoms. The number of halogens is 2. The Morgan fingerprint density at radius 2 is 1.79 bits per heavy atom. The highest BCUT2D eigenvalue weighted by Crippen LogP contribution is 2.11. The Labute approximate surface area is 138 Å². The average molecular weight is 333 g/mol. The first-order valence-corrected chi connectivity index (χ1v) is 7.30. The maximum Gasteiger partial charge on any atom is 0.328 e. The van der Waals surface area contributed by atoms with Crippen LogP contribution in [0, 0.1) is 18.6 Å². The van der Waals surface area contributed by atoms with Crippen molar-refractivity contribution in [3.63, 3.8) is 0 Å². The van der Waals surface area contributed by atoms with Crippen LogP contribution in [-0.4, -0.2) is 25.0 Å². The summed E-state index contributed by atoms with van der Waals surface area (Å²) in [6.07, 6.45) is 0.196. The molecular weight excluding hydrogens is 316 g/mol. The molecule has 6 heteroatoms. The van der Waals surface area contributed by atoms with Gasteiger partial charge < -0.3 is 10.1 Å². The summed E-state index contributed by atoms with van der Waals surface area (Å²) in [7, 11) is 1.20. The second-order valence-corrected chi connectivity index (χ2v) is 5.36. The zero-order valence-electron chi connectivity index (χ0n) is 13.3. The van der Waals surface area contributed by atoms with Gasteiger partial charge in [-0.25, -0.2) is 13.6 Å². The number of esters is 1. The summed E-state index contributed by atoms with van der Waals surface area (Å²) >= 11 is 0. The van der Waals surface area contributed by atoms with Crippen LogP contribution < -0.4 is 5.32 Å². The second kappa shape index (κ2) is 7.68. The Balaban J connectivity index is 2.17. The van der Waals surface area contributed by atoms with Gasteiger partial charge in [0, 0.05) is 12.5 Å². The molecule has 2 aromatic rings. The van der Waals surface area contributed by atoms with Gasteiger partial charge in [-0.05, 0) is 24.6 Å². The van der Waals surface area contributed by atoms with Crippen LogP contribution in [0.3, 0.4) is 0 Å². The minimum Gasteiger partial charge on any atom is -0.467 e. The van der Waals surface area contributed by atoms with Crippen molar-refractivity contribution in [1.82, 2.24) is 5.32 Å². The second-order valence-electron chi connectivity index (χ2n) is 5.36. The van der Waals surface area contributed by atoms with Crippen LogP contribution >= 0.6 is 0 Å². The van der Waals surface area contributed by atoms with E-state index in [0.717, 1.165) is 23.3 Å². The predicted octanol–water partition coefficient (Wildman–Crippen LogP) is 2.79. The minimum absolute atomic E-state index is 0.196. The SMILES string of the molecule is COC(=O)[C@@H](Cc1ccc(C)cc1)NC(=O)c1ccc(F)cc1F. The number of hydrogen-bond donors (Lipinski definition) is 1. The lowest BCUT2D eigenvalue weighted by atomic mass is 10.0. The fraction of sp³-hybridized carbons (Fsp3) is 0.222. The molecule has 2 aromatic carbocycles. The Bertz CT molecular complexity index is 744. The number of ether oxygens (including phenoxy) is 1. The molecule has 0 saturated heterocycles. The lowest BCUT2D eigenvalue weighted by Crippen LogP contribution is -2.43. The number of amides is 1. The molecule has 0 heterocycles. The number of carbonyl (C=O) groups is 2. The predicted molar refractivity (Wildman–Crippen MR) is 84.5 cm³/mol. The van der Waals surface area contributed by atoms with E-state index < -0.39 is 29.6 Å². The van der Waals surface area contributed by atoms with E-state index in [9.17, 15) is 18.4 Å². The Morgan fingerprint density at radius 1 is 1.12 bits per heavy atom. The van der Waals surface area contributed by atoms with Crippen LogP contribution in [0.5, 0.6) is 0 Å². The molecule has 126 valence electrons. The van der Waals surface area contributed by atoms with Crippen LogP contribution in [-0.2, 0) is 16.0 Å². The molecule has 0 aliphatic carbocycles. The number of benzene rings is 2. The molecule has 0 unspecified atom stereocenters. The third kappa shape index (κ3) is 4.38. The van der Waals surface area contributed by atoms with Crippen LogP contribution in [0.4, 0.5) is 8.78 Å². The van der Waals surface area contributed by atoms with Crippen LogP contribution in [0.15, 0.2) is 42.5 Å². The Hall–Kier alpha value is -2.76. The highest BCUT2D eigenvalue weighted by molar-refractivity contribution is 5.97. The third-order valence-corrected chi connectivity index (χ3v) is 3.53. The molecule has 0 fully saturated rings. The number of rotatable bonds is 5. The molecule has 0 bridgehead atoms. The molecule has 1 N–H and O–H groups in total. The third-order valence-electron chi connectivity index (χ3n) is 3.53. The van der Waals surface area contributed by atoms with Crippen molar-refractivity contribution >= 4 is 11.9 Å². The van der Waals surface area contributed by atoms with Gasteiger partial charge >= 0.3 is 5.97 Å². The molecule has 1 atom stereocenters. The van der Waals surface area contributed by atoms with Crippen molar-refractivity contribution in [3.8, 4) is 0 Å². The number of hydrogen-bond acceptors (Lipinski definition) is 3. The van der Waals surface area contributed by atoms with E-state index in [1.807, 2.05) is 31.2 Å².